The Balaban J connectivity index is 2.76. The molecule has 1 aromatic carbocycles. The summed E-state index contributed by atoms with van der Waals surface area (Å²) in [6.07, 6.45) is 3.58. The molecule has 1 rings (SSSR count). The SMILES string of the molecule is CCCNC(CCC)C(C)c1ccccc1Cl. The van der Waals surface area contributed by atoms with Gasteiger partial charge in [-0.05, 0) is 36.9 Å². The minimum Gasteiger partial charge on any atom is -0.313 e. The molecule has 0 radical (unpaired) electrons. The van der Waals surface area contributed by atoms with Crippen molar-refractivity contribution in [3.63, 3.8) is 0 Å². The Morgan fingerprint density at radius 2 is 1.88 bits per heavy atom. The summed E-state index contributed by atoms with van der Waals surface area (Å²) in [6.45, 7) is 7.79. The van der Waals surface area contributed by atoms with Gasteiger partial charge in [-0.3, -0.25) is 0 Å². The van der Waals surface area contributed by atoms with E-state index in [1.54, 1.807) is 0 Å². The van der Waals surface area contributed by atoms with Gasteiger partial charge in [0.25, 0.3) is 0 Å². The zero-order valence-electron chi connectivity index (χ0n) is 11.2. The second-order valence-electron chi connectivity index (χ2n) is 4.66. The molecule has 0 aliphatic carbocycles. The lowest BCUT2D eigenvalue weighted by Gasteiger charge is -2.26. The standard InChI is InChI=1S/C15H24ClN/c1-4-8-15(17-11-5-2)12(3)13-9-6-7-10-14(13)16/h6-7,9-10,12,15,17H,4-5,8,11H2,1-3H3. The van der Waals surface area contributed by atoms with E-state index in [1.807, 2.05) is 12.1 Å². The third-order valence-electron chi connectivity index (χ3n) is 3.26. The Labute approximate surface area is 111 Å². The fraction of sp³-hybridized carbons (Fsp3) is 0.600. The molecule has 0 aliphatic rings. The van der Waals surface area contributed by atoms with Gasteiger partial charge in [-0.2, -0.15) is 0 Å². The van der Waals surface area contributed by atoms with Crippen molar-refractivity contribution < 1.29 is 0 Å². The molecule has 0 aliphatic heterocycles. The van der Waals surface area contributed by atoms with E-state index < -0.39 is 0 Å². The van der Waals surface area contributed by atoms with Gasteiger partial charge in [-0.15, -0.1) is 0 Å². The summed E-state index contributed by atoms with van der Waals surface area (Å²) in [4.78, 5) is 0. The third kappa shape index (κ3) is 4.33. The highest BCUT2D eigenvalue weighted by atomic mass is 35.5. The minimum absolute atomic E-state index is 0.468. The highest BCUT2D eigenvalue weighted by Gasteiger charge is 2.19. The van der Waals surface area contributed by atoms with Crippen LogP contribution in [0.1, 0.15) is 51.5 Å². The van der Waals surface area contributed by atoms with Gasteiger partial charge >= 0.3 is 0 Å². The molecule has 96 valence electrons. The summed E-state index contributed by atoms with van der Waals surface area (Å²) in [5.41, 5.74) is 1.26. The molecule has 2 heteroatoms. The van der Waals surface area contributed by atoms with E-state index in [4.69, 9.17) is 11.6 Å². The monoisotopic (exact) mass is 253 g/mol. The second kappa shape index (κ2) is 7.73. The molecule has 2 unspecified atom stereocenters. The van der Waals surface area contributed by atoms with Crippen LogP contribution in [0.3, 0.4) is 0 Å². The first kappa shape index (κ1) is 14.5. The van der Waals surface area contributed by atoms with Gasteiger partial charge in [0, 0.05) is 11.1 Å². The van der Waals surface area contributed by atoms with Crippen LogP contribution in [0.2, 0.25) is 5.02 Å². The highest BCUT2D eigenvalue weighted by Crippen LogP contribution is 2.28. The predicted molar refractivity (Wildman–Crippen MR) is 76.9 cm³/mol. The Morgan fingerprint density at radius 3 is 2.47 bits per heavy atom. The highest BCUT2D eigenvalue weighted by molar-refractivity contribution is 6.31. The van der Waals surface area contributed by atoms with Crippen LogP contribution in [0.4, 0.5) is 0 Å². The third-order valence-corrected chi connectivity index (χ3v) is 3.60. The van der Waals surface area contributed by atoms with Crippen LogP contribution in [0.25, 0.3) is 0 Å². The number of benzene rings is 1. The zero-order chi connectivity index (χ0) is 12.7. The first-order valence-electron chi connectivity index (χ1n) is 6.68. The minimum atomic E-state index is 0.468. The van der Waals surface area contributed by atoms with Gasteiger partial charge in [0.1, 0.15) is 0 Å². The summed E-state index contributed by atoms with van der Waals surface area (Å²) in [6, 6.07) is 8.72. The summed E-state index contributed by atoms with van der Waals surface area (Å²) in [7, 11) is 0. The molecule has 0 fully saturated rings. The van der Waals surface area contributed by atoms with Crippen molar-refractivity contribution in [3.8, 4) is 0 Å². The topological polar surface area (TPSA) is 12.0 Å². The lowest BCUT2D eigenvalue weighted by Crippen LogP contribution is -2.34. The van der Waals surface area contributed by atoms with Crippen molar-refractivity contribution in [1.82, 2.24) is 5.32 Å². The summed E-state index contributed by atoms with van der Waals surface area (Å²) in [5, 5.41) is 4.53. The van der Waals surface area contributed by atoms with Gasteiger partial charge in [-0.1, -0.05) is 57.0 Å². The molecule has 0 aromatic heterocycles. The van der Waals surface area contributed by atoms with Crippen LogP contribution < -0.4 is 5.32 Å². The first-order valence-corrected chi connectivity index (χ1v) is 7.06. The number of hydrogen-bond acceptors (Lipinski definition) is 1. The first-order chi connectivity index (χ1) is 8.20. The van der Waals surface area contributed by atoms with Crippen LogP contribution >= 0.6 is 11.6 Å². The average Bonchev–Trinajstić information content (AvgIpc) is 2.34. The maximum absolute atomic E-state index is 6.27. The van der Waals surface area contributed by atoms with E-state index in [-0.39, 0.29) is 0 Å². The zero-order valence-corrected chi connectivity index (χ0v) is 11.9. The molecule has 1 aromatic rings. The van der Waals surface area contributed by atoms with Crippen LogP contribution in [0, 0.1) is 0 Å². The smallest absolute Gasteiger partial charge is 0.0441 e. The fourth-order valence-electron chi connectivity index (χ4n) is 2.23. The van der Waals surface area contributed by atoms with Crippen LogP contribution in [0.15, 0.2) is 24.3 Å². The van der Waals surface area contributed by atoms with Crippen molar-refractivity contribution >= 4 is 11.6 Å². The number of nitrogens with one attached hydrogen (secondary N) is 1. The molecule has 0 saturated carbocycles. The number of halogens is 1. The number of rotatable bonds is 7. The largest absolute Gasteiger partial charge is 0.313 e. The molecular formula is C15H24ClN. The molecule has 17 heavy (non-hydrogen) atoms. The van der Waals surface area contributed by atoms with E-state index in [9.17, 15) is 0 Å². The molecule has 0 spiro atoms. The normalized spacial score (nSPS) is 14.6. The second-order valence-corrected chi connectivity index (χ2v) is 5.07. The fourth-order valence-corrected chi connectivity index (χ4v) is 2.54. The van der Waals surface area contributed by atoms with Crippen LogP contribution in [-0.2, 0) is 0 Å². The Hall–Kier alpha value is -0.530. The van der Waals surface area contributed by atoms with Crippen molar-refractivity contribution in [2.45, 2.75) is 52.0 Å². The summed E-state index contributed by atoms with van der Waals surface area (Å²) < 4.78 is 0. The molecule has 0 saturated heterocycles. The van der Waals surface area contributed by atoms with Crippen molar-refractivity contribution in [1.29, 1.82) is 0 Å². The quantitative estimate of drug-likeness (QED) is 0.748. The Kier molecular flexibility index (Phi) is 6.61. The Morgan fingerprint density at radius 1 is 1.18 bits per heavy atom. The van der Waals surface area contributed by atoms with Gasteiger partial charge in [-0.25, -0.2) is 0 Å². The maximum atomic E-state index is 6.27. The molecule has 0 heterocycles. The predicted octanol–water partition coefficient (Wildman–Crippen LogP) is 4.61. The number of hydrogen-bond donors (Lipinski definition) is 1. The summed E-state index contributed by atoms with van der Waals surface area (Å²) >= 11 is 6.27. The maximum Gasteiger partial charge on any atom is 0.0441 e. The molecule has 2 atom stereocenters. The summed E-state index contributed by atoms with van der Waals surface area (Å²) in [5.74, 6) is 0.468. The van der Waals surface area contributed by atoms with Gasteiger partial charge in [0.15, 0.2) is 0 Å². The van der Waals surface area contributed by atoms with Gasteiger partial charge < -0.3 is 5.32 Å². The lowest BCUT2D eigenvalue weighted by atomic mass is 9.90. The van der Waals surface area contributed by atoms with Gasteiger partial charge in [0.05, 0.1) is 0 Å². The van der Waals surface area contributed by atoms with Crippen LogP contribution in [0.5, 0.6) is 0 Å². The van der Waals surface area contributed by atoms with E-state index >= 15 is 0 Å². The molecule has 0 bridgehead atoms. The van der Waals surface area contributed by atoms with Gasteiger partial charge in [0.2, 0.25) is 0 Å². The molecule has 1 nitrogen and oxygen atoms in total. The molecule has 1 N–H and O–H groups in total. The Bertz CT molecular complexity index is 324. The average molecular weight is 254 g/mol. The lowest BCUT2D eigenvalue weighted by molar-refractivity contribution is 0.421. The van der Waals surface area contributed by atoms with E-state index in [0.29, 0.717) is 12.0 Å². The molecular weight excluding hydrogens is 230 g/mol. The van der Waals surface area contributed by atoms with Crippen LogP contribution in [-0.4, -0.2) is 12.6 Å². The van der Waals surface area contributed by atoms with E-state index in [0.717, 1.165) is 11.6 Å². The van der Waals surface area contributed by atoms with E-state index in [2.05, 4.69) is 38.2 Å². The molecule has 0 amide bonds. The van der Waals surface area contributed by atoms with Crippen molar-refractivity contribution in [2.75, 3.05) is 6.54 Å². The van der Waals surface area contributed by atoms with Crippen molar-refractivity contribution in [3.05, 3.63) is 34.9 Å². The van der Waals surface area contributed by atoms with E-state index in [1.165, 1.54) is 24.8 Å². The van der Waals surface area contributed by atoms with Crippen molar-refractivity contribution in [2.24, 2.45) is 0 Å².